The summed E-state index contributed by atoms with van der Waals surface area (Å²) in [5.74, 6) is 0.0833. The highest BCUT2D eigenvalue weighted by molar-refractivity contribution is 5.25. The van der Waals surface area contributed by atoms with Gasteiger partial charge in [-0.25, -0.2) is 0 Å². The van der Waals surface area contributed by atoms with E-state index in [1.807, 2.05) is 0 Å². The van der Waals surface area contributed by atoms with Crippen molar-refractivity contribution in [1.29, 1.82) is 0 Å². The van der Waals surface area contributed by atoms with E-state index >= 15 is 0 Å². The Morgan fingerprint density at radius 3 is 2.73 bits per heavy atom. The lowest BCUT2D eigenvalue weighted by atomic mass is 10.2. The van der Waals surface area contributed by atoms with Crippen molar-refractivity contribution in [3.8, 4) is 5.75 Å². The maximum atomic E-state index is 11.6. The monoisotopic (exact) mass is 157 g/mol. The molecule has 0 aliphatic heterocycles. The number of hydrogen-bond donors (Lipinski definition) is 0. The quantitative estimate of drug-likeness (QED) is 0.640. The smallest absolute Gasteiger partial charge is 0.387 e. The van der Waals surface area contributed by atoms with E-state index in [4.69, 9.17) is 0 Å². The number of halogens is 2. The van der Waals surface area contributed by atoms with Crippen molar-refractivity contribution in [3.63, 3.8) is 0 Å². The molecule has 0 N–H and O–H groups in total. The minimum absolute atomic E-state index is 0.0833. The fraction of sp³-hybridized carbons (Fsp3) is 0.250. The topological polar surface area (TPSA) is 9.23 Å². The molecule has 1 aromatic rings. The molecular weight excluding hydrogens is 150 g/mol. The number of hydrogen-bond acceptors (Lipinski definition) is 1. The van der Waals surface area contributed by atoms with Crippen molar-refractivity contribution < 1.29 is 13.5 Å². The van der Waals surface area contributed by atoms with Crippen LogP contribution in [0.1, 0.15) is 5.56 Å². The first-order valence-electron chi connectivity index (χ1n) is 3.12. The maximum absolute atomic E-state index is 11.6. The van der Waals surface area contributed by atoms with Crippen LogP contribution in [0.2, 0.25) is 0 Å². The van der Waals surface area contributed by atoms with Crippen LogP contribution in [0.15, 0.2) is 18.2 Å². The number of rotatable bonds is 2. The zero-order valence-corrected chi connectivity index (χ0v) is 5.97. The Morgan fingerprint density at radius 2 is 2.18 bits per heavy atom. The van der Waals surface area contributed by atoms with Gasteiger partial charge in [0.2, 0.25) is 0 Å². The summed E-state index contributed by atoms with van der Waals surface area (Å²) < 4.78 is 27.3. The highest BCUT2D eigenvalue weighted by atomic mass is 19.3. The van der Waals surface area contributed by atoms with Gasteiger partial charge in [0, 0.05) is 6.07 Å². The Labute approximate surface area is 63.6 Å². The van der Waals surface area contributed by atoms with Crippen LogP contribution in [-0.2, 0) is 0 Å². The molecule has 0 amide bonds. The molecule has 0 spiro atoms. The normalized spacial score (nSPS) is 10.2. The zero-order valence-electron chi connectivity index (χ0n) is 5.97. The van der Waals surface area contributed by atoms with Crippen LogP contribution in [0.25, 0.3) is 0 Å². The molecule has 0 heterocycles. The molecule has 11 heavy (non-hydrogen) atoms. The van der Waals surface area contributed by atoms with Crippen LogP contribution >= 0.6 is 0 Å². The summed E-state index contributed by atoms with van der Waals surface area (Å²) in [5.41, 5.74) is 0.781. The van der Waals surface area contributed by atoms with Crippen LogP contribution in [0.4, 0.5) is 8.78 Å². The summed E-state index contributed by atoms with van der Waals surface area (Å²) in [5, 5.41) is 0. The molecular formula is C8H7F2O. The summed E-state index contributed by atoms with van der Waals surface area (Å²) in [6.07, 6.45) is 0. The second kappa shape index (κ2) is 3.32. The molecule has 0 atom stereocenters. The van der Waals surface area contributed by atoms with Crippen molar-refractivity contribution in [2.75, 3.05) is 0 Å². The first-order valence-corrected chi connectivity index (χ1v) is 3.12. The standard InChI is InChI=1S/C8H7F2O/c1-6-3-2-4-7(5-6)11-8(9)10/h2-4,8H,1H3. The number of ether oxygens (including phenoxy) is 1. The van der Waals surface area contributed by atoms with Gasteiger partial charge < -0.3 is 4.74 Å². The third-order valence-electron chi connectivity index (χ3n) is 1.13. The summed E-state index contributed by atoms with van der Waals surface area (Å²) in [6, 6.07) is 7.48. The van der Waals surface area contributed by atoms with Gasteiger partial charge in [-0.1, -0.05) is 12.1 Å². The summed E-state index contributed by atoms with van der Waals surface area (Å²) >= 11 is 0. The molecule has 0 saturated heterocycles. The van der Waals surface area contributed by atoms with Gasteiger partial charge in [-0.3, -0.25) is 0 Å². The molecule has 1 radical (unpaired) electrons. The molecule has 0 aromatic heterocycles. The van der Waals surface area contributed by atoms with Gasteiger partial charge >= 0.3 is 6.61 Å². The fourth-order valence-electron chi connectivity index (χ4n) is 0.722. The van der Waals surface area contributed by atoms with Crippen molar-refractivity contribution in [2.45, 2.75) is 13.5 Å². The average Bonchev–Trinajstić information content (AvgIpc) is 1.85. The Balaban J connectivity index is 2.71. The van der Waals surface area contributed by atoms with E-state index in [0.717, 1.165) is 5.56 Å². The van der Waals surface area contributed by atoms with E-state index in [0.29, 0.717) is 0 Å². The number of alkyl halides is 2. The molecule has 0 fully saturated rings. The van der Waals surface area contributed by atoms with E-state index in [-0.39, 0.29) is 5.75 Å². The van der Waals surface area contributed by atoms with Gasteiger partial charge in [-0.05, 0) is 18.6 Å². The molecule has 0 aliphatic carbocycles. The van der Waals surface area contributed by atoms with Crippen LogP contribution in [0, 0.1) is 13.0 Å². The molecule has 0 unspecified atom stereocenters. The van der Waals surface area contributed by atoms with Gasteiger partial charge in [-0.15, -0.1) is 0 Å². The van der Waals surface area contributed by atoms with Crippen LogP contribution in [0.5, 0.6) is 5.75 Å². The van der Waals surface area contributed by atoms with E-state index in [1.54, 1.807) is 19.1 Å². The first-order chi connectivity index (χ1) is 5.18. The Kier molecular flexibility index (Phi) is 2.41. The predicted octanol–water partition coefficient (Wildman–Crippen LogP) is 2.40. The lowest BCUT2D eigenvalue weighted by Gasteiger charge is -2.02. The zero-order chi connectivity index (χ0) is 8.27. The Bertz CT molecular complexity index is 235. The van der Waals surface area contributed by atoms with Crippen molar-refractivity contribution >= 4 is 0 Å². The second-order valence-electron chi connectivity index (χ2n) is 2.08. The molecule has 0 bridgehead atoms. The largest absolute Gasteiger partial charge is 0.434 e. The van der Waals surface area contributed by atoms with Gasteiger partial charge in [0.05, 0.1) is 0 Å². The van der Waals surface area contributed by atoms with E-state index in [1.165, 1.54) is 6.07 Å². The molecule has 59 valence electrons. The number of aryl methyl sites for hydroxylation is 1. The summed E-state index contributed by atoms with van der Waals surface area (Å²) in [4.78, 5) is 0. The lowest BCUT2D eigenvalue weighted by molar-refractivity contribution is -0.0500. The lowest BCUT2D eigenvalue weighted by Crippen LogP contribution is -2.01. The van der Waals surface area contributed by atoms with Crippen LogP contribution < -0.4 is 4.74 Å². The number of benzene rings is 1. The Morgan fingerprint density at radius 1 is 1.45 bits per heavy atom. The van der Waals surface area contributed by atoms with Gasteiger partial charge in [0.25, 0.3) is 0 Å². The molecule has 3 heteroatoms. The van der Waals surface area contributed by atoms with Crippen molar-refractivity contribution in [3.05, 3.63) is 29.8 Å². The molecule has 0 saturated carbocycles. The van der Waals surface area contributed by atoms with E-state index in [2.05, 4.69) is 10.8 Å². The summed E-state index contributed by atoms with van der Waals surface area (Å²) in [6.45, 7) is -1.01. The van der Waals surface area contributed by atoms with Crippen molar-refractivity contribution in [1.82, 2.24) is 0 Å². The van der Waals surface area contributed by atoms with Crippen molar-refractivity contribution in [2.24, 2.45) is 0 Å². The third-order valence-corrected chi connectivity index (χ3v) is 1.13. The SMILES string of the molecule is Cc1[c]c(OC(F)F)ccc1. The van der Waals surface area contributed by atoms with Crippen LogP contribution in [0.3, 0.4) is 0 Å². The van der Waals surface area contributed by atoms with Gasteiger partial charge in [-0.2, -0.15) is 8.78 Å². The molecule has 0 aliphatic rings. The minimum Gasteiger partial charge on any atom is -0.434 e. The average molecular weight is 157 g/mol. The van der Waals surface area contributed by atoms with Gasteiger partial charge in [0.1, 0.15) is 5.75 Å². The molecule has 1 nitrogen and oxygen atoms in total. The molecule has 1 aromatic carbocycles. The van der Waals surface area contributed by atoms with E-state index in [9.17, 15) is 8.78 Å². The predicted molar refractivity (Wildman–Crippen MR) is 36.6 cm³/mol. The minimum atomic E-state index is -2.77. The molecule has 1 rings (SSSR count). The van der Waals surface area contributed by atoms with Gasteiger partial charge in [0.15, 0.2) is 0 Å². The Hall–Kier alpha value is -1.12. The highest BCUT2D eigenvalue weighted by Gasteiger charge is 2.02. The van der Waals surface area contributed by atoms with E-state index < -0.39 is 6.61 Å². The maximum Gasteiger partial charge on any atom is 0.387 e. The highest BCUT2D eigenvalue weighted by Crippen LogP contribution is 2.13. The second-order valence-corrected chi connectivity index (χ2v) is 2.08. The fourth-order valence-corrected chi connectivity index (χ4v) is 0.722. The third kappa shape index (κ3) is 2.53. The first kappa shape index (κ1) is 7.98. The summed E-state index contributed by atoms with van der Waals surface area (Å²) in [7, 11) is 0. The van der Waals surface area contributed by atoms with Crippen LogP contribution in [-0.4, -0.2) is 6.61 Å².